The van der Waals surface area contributed by atoms with Gasteiger partial charge >= 0.3 is 0 Å². The van der Waals surface area contributed by atoms with E-state index in [9.17, 15) is 9.59 Å². The van der Waals surface area contributed by atoms with Crippen LogP contribution >= 0.6 is 0 Å². The minimum absolute atomic E-state index is 0.0263. The monoisotopic (exact) mass is 624 g/mol. The van der Waals surface area contributed by atoms with E-state index in [1.807, 2.05) is 83.4 Å². The highest BCUT2D eigenvalue weighted by molar-refractivity contribution is 5.90. The second-order valence-electron chi connectivity index (χ2n) is 12.1. The van der Waals surface area contributed by atoms with E-state index in [0.717, 1.165) is 46.5 Å². The number of hydrogen-bond acceptors (Lipinski definition) is 9. The number of carbonyl (C=O) groups excluding carboxylic acids is 2. The summed E-state index contributed by atoms with van der Waals surface area (Å²) in [5, 5.41) is 8.06. The van der Waals surface area contributed by atoms with Gasteiger partial charge in [-0.3, -0.25) is 19.3 Å². The maximum absolute atomic E-state index is 13.1. The quantitative estimate of drug-likeness (QED) is 0.261. The Hall–Kier alpha value is -4.97. The van der Waals surface area contributed by atoms with Crippen LogP contribution in [0, 0.1) is 5.92 Å². The molecule has 46 heavy (non-hydrogen) atoms. The predicted octanol–water partition coefficient (Wildman–Crippen LogP) is 3.99. The molecular weight excluding hydrogens is 584 g/mol. The van der Waals surface area contributed by atoms with Gasteiger partial charge < -0.3 is 29.5 Å². The van der Waals surface area contributed by atoms with Gasteiger partial charge in [-0.25, -0.2) is 4.98 Å². The highest BCUT2D eigenvalue weighted by atomic mass is 16.5. The van der Waals surface area contributed by atoms with Gasteiger partial charge in [0.15, 0.2) is 0 Å². The van der Waals surface area contributed by atoms with Crippen molar-refractivity contribution in [1.29, 1.82) is 0 Å². The standard InChI is InChI=1S/C34H40N8O4/c1-39(2)11-5-6-33(43)41-20-24(21-41)34(44)40-12-9-27(10-13-40)42-22-23(18-36-42)32-19-35-30-8-7-25(16-31(30)38-32)37-26-14-28(45-3)17-29(15-26)46-4/h5-8,14-19,22,24,27,37H,9-13,20-21H2,1-4H3/b6-5+. The van der Waals surface area contributed by atoms with Crippen molar-refractivity contribution < 1.29 is 19.1 Å². The minimum Gasteiger partial charge on any atom is -0.497 e. The summed E-state index contributed by atoms with van der Waals surface area (Å²) < 4.78 is 12.8. The Morgan fingerprint density at radius 1 is 0.957 bits per heavy atom. The molecule has 2 aliphatic heterocycles. The smallest absolute Gasteiger partial charge is 0.246 e. The largest absolute Gasteiger partial charge is 0.497 e. The Morgan fingerprint density at radius 3 is 2.39 bits per heavy atom. The van der Waals surface area contributed by atoms with Crippen LogP contribution < -0.4 is 14.8 Å². The molecule has 0 atom stereocenters. The lowest BCUT2D eigenvalue weighted by Gasteiger charge is -2.41. The molecule has 0 bridgehead atoms. The Bertz CT molecular complexity index is 1720. The first-order valence-electron chi connectivity index (χ1n) is 15.5. The summed E-state index contributed by atoms with van der Waals surface area (Å²) in [5.74, 6) is 1.40. The predicted molar refractivity (Wildman–Crippen MR) is 176 cm³/mol. The molecule has 4 aromatic rings. The summed E-state index contributed by atoms with van der Waals surface area (Å²) in [6.45, 7) is 3.05. The van der Waals surface area contributed by atoms with E-state index in [1.54, 1.807) is 31.4 Å². The number of rotatable bonds is 10. The summed E-state index contributed by atoms with van der Waals surface area (Å²) in [6.07, 6.45) is 10.7. The number of nitrogens with zero attached hydrogens (tertiary/aromatic N) is 7. The van der Waals surface area contributed by atoms with Crippen LogP contribution in [-0.4, -0.2) is 107 Å². The van der Waals surface area contributed by atoms with E-state index in [0.29, 0.717) is 44.2 Å². The van der Waals surface area contributed by atoms with Gasteiger partial charge in [-0.15, -0.1) is 0 Å². The first-order chi connectivity index (χ1) is 22.3. The van der Waals surface area contributed by atoms with E-state index in [-0.39, 0.29) is 23.8 Å². The molecule has 2 aromatic heterocycles. The van der Waals surface area contributed by atoms with Crippen LogP contribution in [0.25, 0.3) is 22.3 Å². The van der Waals surface area contributed by atoms with Gasteiger partial charge in [-0.2, -0.15) is 5.10 Å². The molecule has 2 amide bonds. The van der Waals surface area contributed by atoms with Gasteiger partial charge in [-0.1, -0.05) is 6.08 Å². The number of likely N-dealkylation sites (tertiary alicyclic amines) is 2. The molecule has 240 valence electrons. The third-order valence-electron chi connectivity index (χ3n) is 8.50. The molecule has 4 heterocycles. The fourth-order valence-electron chi connectivity index (χ4n) is 5.84. The number of fused-ring (bicyclic) bond motifs is 1. The first kappa shape index (κ1) is 31.0. The maximum atomic E-state index is 13.1. The topological polar surface area (TPSA) is 118 Å². The molecule has 6 rings (SSSR count). The van der Waals surface area contributed by atoms with Gasteiger partial charge in [0.25, 0.3) is 0 Å². The molecule has 2 saturated heterocycles. The van der Waals surface area contributed by atoms with Crippen molar-refractivity contribution in [2.75, 3.05) is 66.4 Å². The number of methoxy groups -OCH3 is 2. The van der Waals surface area contributed by atoms with Crippen molar-refractivity contribution in [3.8, 4) is 22.8 Å². The average molecular weight is 625 g/mol. The van der Waals surface area contributed by atoms with Crippen molar-refractivity contribution in [3.05, 3.63) is 67.1 Å². The lowest BCUT2D eigenvalue weighted by Crippen LogP contribution is -2.57. The molecule has 0 unspecified atom stereocenters. The Kier molecular flexibility index (Phi) is 9.16. The molecule has 2 fully saturated rings. The molecule has 0 spiro atoms. The van der Waals surface area contributed by atoms with Gasteiger partial charge in [-0.05, 0) is 45.1 Å². The first-order valence-corrected chi connectivity index (χ1v) is 15.5. The van der Waals surface area contributed by atoms with Crippen LogP contribution in [0.3, 0.4) is 0 Å². The van der Waals surface area contributed by atoms with E-state index in [2.05, 4.69) is 15.4 Å². The molecule has 1 N–H and O–H groups in total. The van der Waals surface area contributed by atoms with Crippen LogP contribution in [0.5, 0.6) is 11.5 Å². The zero-order valence-corrected chi connectivity index (χ0v) is 26.7. The normalized spacial score (nSPS) is 15.8. The zero-order chi connectivity index (χ0) is 32.2. The fourth-order valence-corrected chi connectivity index (χ4v) is 5.84. The Morgan fingerprint density at radius 2 is 1.70 bits per heavy atom. The fraction of sp³-hybridized carbons (Fsp3) is 0.382. The summed E-state index contributed by atoms with van der Waals surface area (Å²) in [6, 6.07) is 11.7. The van der Waals surface area contributed by atoms with Gasteiger partial charge in [0, 0.05) is 80.1 Å². The van der Waals surface area contributed by atoms with Crippen LogP contribution in [0.4, 0.5) is 11.4 Å². The third kappa shape index (κ3) is 6.96. The van der Waals surface area contributed by atoms with Crippen LogP contribution in [-0.2, 0) is 9.59 Å². The number of aromatic nitrogens is 4. The van der Waals surface area contributed by atoms with Crippen molar-refractivity contribution in [1.82, 2.24) is 34.4 Å². The molecule has 12 heteroatoms. The maximum Gasteiger partial charge on any atom is 0.246 e. The lowest BCUT2D eigenvalue weighted by molar-refractivity contribution is -0.147. The third-order valence-corrected chi connectivity index (χ3v) is 8.50. The minimum atomic E-state index is -0.111. The van der Waals surface area contributed by atoms with Crippen LogP contribution in [0.1, 0.15) is 18.9 Å². The van der Waals surface area contributed by atoms with Crippen molar-refractivity contribution in [2.45, 2.75) is 18.9 Å². The number of nitrogens with one attached hydrogen (secondary N) is 1. The van der Waals surface area contributed by atoms with Crippen molar-refractivity contribution >= 4 is 34.2 Å². The van der Waals surface area contributed by atoms with E-state index in [1.165, 1.54) is 0 Å². The molecular formula is C34H40N8O4. The number of hydrogen-bond donors (Lipinski definition) is 1. The summed E-state index contributed by atoms with van der Waals surface area (Å²) in [4.78, 5) is 40.6. The van der Waals surface area contributed by atoms with E-state index < -0.39 is 0 Å². The molecule has 0 aliphatic carbocycles. The highest BCUT2D eigenvalue weighted by Gasteiger charge is 2.38. The average Bonchev–Trinajstić information content (AvgIpc) is 3.54. The van der Waals surface area contributed by atoms with Crippen molar-refractivity contribution in [2.24, 2.45) is 5.92 Å². The number of piperidine rings is 1. The molecule has 0 saturated carbocycles. The molecule has 2 aromatic carbocycles. The van der Waals surface area contributed by atoms with Crippen LogP contribution in [0.15, 0.2) is 67.1 Å². The number of carbonyl (C=O) groups is 2. The highest BCUT2D eigenvalue weighted by Crippen LogP contribution is 2.30. The van der Waals surface area contributed by atoms with Gasteiger partial charge in [0.1, 0.15) is 11.5 Å². The summed E-state index contributed by atoms with van der Waals surface area (Å²) in [5.41, 5.74) is 4.89. The molecule has 0 radical (unpaired) electrons. The molecule has 2 aliphatic rings. The number of ether oxygens (including phenoxy) is 2. The summed E-state index contributed by atoms with van der Waals surface area (Å²) >= 11 is 0. The zero-order valence-electron chi connectivity index (χ0n) is 26.7. The Labute approximate surface area is 268 Å². The number of benzene rings is 2. The van der Waals surface area contributed by atoms with E-state index >= 15 is 0 Å². The lowest BCUT2D eigenvalue weighted by atomic mass is 9.96. The second kappa shape index (κ2) is 13.6. The van der Waals surface area contributed by atoms with Gasteiger partial charge in [0.2, 0.25) is 11.8 Å². The second-order valence-corrected chi connectivity index (χ2v) is 12.1. The number of likely N-dealkylation sites (N-methyl/N-ethyl adjacent to an activating group) is 1. The van der Waals surface area contributed by atoms with E-state index in [4.69, 9.17) is 14.5 Å². The Balaban J connectivity index is 1.05. The van der Waals surface area contributed by atoms with Gasteiger partial charge in [0.05, 0.1) is 55.3 Å². The SMILES string of the molecule is COc1cc(Nc2ccc3ncc(-c4cnn(C5CCN(C(=O)C6CN(C(=O)/C=C/CN(C)C)C6)CC5)c4)nc3c2)cc(OC)c1. The van der Waals surface area contributed by atoms with Crippen LogP contribution in [0.2, 0.25) is 0 Å². The molecule has 12 nitrogen and oxygen atoms in total. The number of amides is 2. The number of anilines is 2. The van der Waals surface area contributed by atoms with Crippen molar-refractivity contribution in [3.63, 3.8) is 0 Å². The summed E-state index contributed by atoms with van der Waals surface area (Å²) in [7, 11) is 7.16.